The van der Waals surface area contributed by atoms with Gasteiger partial charge in [-0.2, -0.15) is 5.26 Å². The van der Waals surface area contributed by atoms with E-state index in [4.69, 9.17) is 16.9 Å². The van der Waals surface area contributed by atoms with Crippen LogP contribution in [0.25, 0.3) is 0 Å². The SMILES string of the molecule is CCCc1c(Cl)ncnc1N(CCC#N)C1CC1. The zero-order valence-corrected chi connectivity index (χ0v) is 11.3. The Balaban J connectivity index is 2.28. The van der Waals surface area contributed by atoms with Crippen LogP contribution < -0.4 is 4.90 Å². The van der Waals surface area contributed by atoms with Crippen molar-refractivity contribution in [2.75, 3.05) is 11.4 Å². The standard InChI is InChI=1S/C13H17ClN4/c1-2-4-11-12(14)16-9-17-13(11)18(8-3-7-15)10-5-6-10/h9-10H,2-6,8H2,1H3. The summed E-state index contributed by atoms with van der Waals surface area (Å²) in [6.45, 7) is 2.84. The Morgan fingerprint density at radius 1 is 1.50 bits per heavy atom. The molecule has 1 aliphatic rings. The Morgan fingerprint density at radius 2 is 2.28 bits per heavy atom. The molecule has 0 aliphatic heterocycles. The molecule has 0 N–H and O–H groups in total. The molecule has 2 rings (SSSR count). The third-order valence-corrected chi connectivity index (χ3v) is 3.42. The Labute approximate surface area is 113 Å². The van der Waals surface area contributed by atoms with E-state index in [0.717, 1.165) is 30.8 Å². The molecule has 0 aromatic carbocycles. The van der Waals surface area contributed by atoms with Crippen LogP contribution in [0.4, 0.5) is 5.82 Å². The number of anilines is 1. The highest BCUT2D eigenvalue weighted by molar-refractivity contribution is 6.30. The summed E-state index contributed by atoms with van der Waals surface area (Å²) in [5.74, 6) is 0.926. The molecular formula is C13H17ClN4. The fourth-order valence-electron chi connectivity index (χ4n) is 2.11. The molecule has 1 aliphatic carbocycles. The van der Waals surface area contributed by atoms with E-state index in [1.54, 1.807) is 0 Å². The minimum Gasteiger partial charge on any atom is -0.352 e. The van der Waals surface area contributed by atoms with E-state index in [0.29, 0.717) is 17.6 Å². The summed E-state index contributed by atoms with van der Waals surface area (Å²) in [6, 6.07) is 2.73. The lowest BCUT2D eigenvalue weighted by Crippen LogP contribution is -2.29. The summed E-state index contributed by atoms with van der Waals surface area (Å²) in [6.07, 6.45) is 6.28. The lowest BCUT2D eigenvalue weighted by molar-refractivity contribution is 0.759. The second-order valence-electron chi connectivity index (χ2n) is 4.55. The van der Waals surface area contributed by atoms with Gasteiger partial charge in [-0.25, -0.2) is 9.97 Å². The van der Waals surface area contributed by atoms with Crippen LogP contribution in [0.2, 0.25) is 5.15 Å². The molecule has 18 heavy (non-hydrogen) atoms. The van der Waals surface area contributed by atoms with Crippen LogP contribution >= 0.6 is 11.6 Å². The fourth-order valence-corrected chi connectivity index (χ4v) is 2.34. The molecule has 0 saturated heterocycles. The minimum absolute atomic E-state index is 0.518. The monoisotopic (exact) mass is 264 g/mol. The Morgan fingerprint density at radius 3 is 2.89 bits per heavy atom. The molecule has 96 valence electrons. The van der Waals surface area contributed by atoms with Crippen LogP contribution in [-0.4, -0.2) is 22.6 Å². The number of nitriles is 1. The van der Waals surface area contributed by atoms with Gasteiger partial charge in [0.15, 0.2) is 0 Å². The Hall–Kier alpha value is -1.34. The number of nitrogens with zero attached hydrogens (tertiary/aromatic N) is 4. The lowest BCUT2D eigenvalue weighted by atomic mass is 10.1. The van der Waals surface area contributed by atoms with Crippen molar-refractivity contribution in [3.8, 4) is 6.07 Å². The van der Waals surface area contributed by atoms with Gasteiger partial charge in [0.1, 0.15) is 17.3 Å². The average Bonchev–Trinajstić information content (AvgIpc) is 3.18. The molecule has 0 amide bonds. The first-order chi connectivity index (χ1) is 8.77. The normalized spacial score (nSPS) is 14.3. The third kappa shape index (κ3) is 2.91. The summed E-state index contributed by atoms with van der Waals surface area (Å²) < 4.78 is 0. The van der Waals surface area contributed by atoms with E-state index in [9.17, 15) is 0 Å². The molecule has 1 aromatic heterocycles. The third-order valence-electron chi connectivity index (χ3n) is 3.09. The van der Waals surface area contributed by atoms with Crippen molar-refractivity contribution >= 4 is 17.4 Å². The average molecular weight is 265 g/mol. The van der Waals surface area contributed by atoms with Gasteiger partial charge in [-0.05, 0) is 19.3 Å². The van der Waals surface area contributed by atoms with Crippen LogP contribution in [0.5, 0.6) is 0 Å². The molecular weight excluding hydrogens is 248 g/mol. The van der Waals surface area contributed by atoms with E-state index < -0.39 is 0 Å². The molecule has 0 unspecified atom stereocenters. The maximum absolute atomic E-state index is 8.76. The van der Waals surface area contributed by atoms with Crippen LogP contribution in [-0.2, 0) is 6.42 Å². The summed E-state index contributed by atoms with van der Waals surface area (Å²) >= 11 is 6.17. The maximum Gasteiger partial charge on any atom is 0.137 e. The first-order valence-electron chi connectivity index (χ1n) is 6.40. The zero-order chi connectivity index (χ0) is 13.0. The van der Waals surface area contributed by atoms with Crippen molar-refractivity contribution in [3.05, 3.63) is 17.0 Å². The van der Waals surface area contributed by atoms with Crippen molar-refractivity contribution in [1.29, 1.82) is 5.26 Å². The predicted molar refractivity (Wildman–Crippen MR) is 71.6 cm³/mol. The van der Waals surface area contributed by atoms with Crippen LogP contribution in [0.1, 0.15) is 38.2 Å². The van der Waals surface area contributed by atoms with E-state index in [2.05, 4.69) is 27.9 Å². The molecule has 0 bridgehead atoms. The second-order valence-corrected chi connectivity index (χ2v) is 4.91. The van der Waals surface area contributed by atoms with Gasteiger partial charge in [-0.1, -0.05) is 24.9 Å². The summed E-state index contributed by atoms with van der Waals surface area (Å²) in [5, 5.41) is 9.30. The number of aromatic nitrogens is 2. The minimum atomic E-state index is 0.518. The number of hydrogen-bond donors (Lipinski definition) is 0. The number of halogens is 1. The van der Waals surface area contributed by atoms with Crippen LogP contribution in [0, 0.1) is 11.3 Å². The van der Waals surface area contributed by atoms with Crippen LogP contribution in [0.3, 0.4) is 0 Å². The van der Waals surface area contributed by atoms with E-state index >= 15 is 0 Å². The molecule has 0 atom stereocenters. The van der Waals surface area contributed by atoms with Crippen molar-refractivity contribution in [2.45, 2.75) is 45.1 Å². The summed E-state index contributed by atoms with van der Waals surface area (Å²) in [7, 11) is 0. The van der Waals surface area contributed by atoms with E-state index in [-0.39, 0.29) is 0 Å². The fraction of sp³-hybridized carbons (Fsp3) is 0.615. The summed E-state index contributed by atoms with van der Waals surface area (Å²) in [4.78, 5) is 10.7. The van der Waals surface area contributed by atoms with Gasteiger partial charge < -0.3 is 4.90 Å². The highest BCUT2D eigenvalue weighted by Crippen LogP contribution is 2.34. The molecule has 1 aromatic rings. The summed E-state index contributed by atoms with van der Waals surface area (Å²) in [5.41, 5.74) is 1.02. The molecule has 5 heteroatoms. The largest absolute Gasteiger partial charge is 0.352 e. The van der Waals surface area contributed by atoms with Crippen molar-refractivity contribution in [1.82, 2.24) is 9.97 Å². The molecule has 1 fully saturated rings. The first-order valence-corrected chi connectivity index (χ1v) is 6.78. The predicted octanol–water partition coefficient (Wildman–Crippen LogP) is 2.96. The lowest BCUT2D eigenvalue weighted by Gasteiger charge is -2.24. The van der Waals surface area contributed by atoms with Crippen molar-refractivity contribution in [2.24, 2.45) is 0 Å². The van der Waals surface area contributed by atoms with Gasteiger partial charge >= 0.3 is 0 Å². The van der Waals surface area contributed by atoms with E-state index in [1.807, 2.05) is 0 Å². The zero-order valence-electron chi connectivity index (χ0n) is 10.6. The molecule has 0 spiro atoms. The van der Waals surface area contributed by atoms with Crippen molar-refractivity contribution in [3.63, 3.8) is 0 Å². The van der Waals surface area contributed by atoms with Gasteiger partial charge in [-0.15, -0.1) is 0 Å². The molecule has 0 radical (unpaired) electrons. The Kier molecular flexibility index (Phi) is 4.38. The molecule has 1 heterocycles. The first kappa shape index (κ1) is 13.1. The smallest absolute Gasteiger partial charge is 0.137 e. The molecule has 4 nitrogen and oxygen atoms in total. The van der Waals surface area contributed by atoms with Gasteiger partial charge in [0.25, 0.3) is 0 Å². The van der Waals surface area contributed by atoms with Gasteiger partial charge in [-0.3, -0.25) is 0 Å². The number of rotatable bonds is 6. The highest BCUT2D eigenvalue weighted by Gasteiger charge is 2.31. The maximum atomic E-state index is 8.76. The van der Waals surface area contributed by atoms with Gasteiger partial charge in [0, 0.05) is 18.2 Å². The van der Waals surface area contributed by atoms with Crippen molar-refractivity contribution < 1.29 is 0 Å². The Bertz CT molecular complexity index is 451. The topological polar surface area (TPSA) is 52.8 Å². The van der Waals surface area contributed by atoms with Crippen LogP contribution in [0.15, 0.2) is 6.33 Å². The second kappa shape index (κ2) is 6.01. The van der Waals surface area contributed by atoms with Gasteiger partial charge in [0.2, 0.25) is 0 Å². The van der Waals surface area contributed by atoms with Gasteiger partial charge in [0.05, 0.1) is 12.5 Å². The number of hydrogen-bond acceptors (Lipinski definition) is 4. The highest BCUT2D eigenvalue weighted by atomic mass is 35.5. The van der Waals surface area contributed by atoms with E-state index in [1.165, 1.54) is 19.2 Å². The molecule has 1 saturated carbocycles. The quantitative estimate of drug-likeness (QED) is 0.742.